The number of nitrogens with one attached hydrogen (secondary N) is 3. The molecule has 4 N–H and O–H groups in total. The first-order valence-electron chi connectivity index (χ1n) is 9.56. The monoisotopic (exact) mass is 423 g/mol. The molecule has 1 aromatic rings. The minimum Gasteiger partial charge on any atom is -0.480 e. The number of carboxylic acids is 1. The Kier molecular flexibility index (Phi) is 10.3. The van der Waals surface area contributed by atoms with E-state index in [-0.39, 0.29) is 6.42 Å². The molecular formula is C20H29N3O7. The molecule has 0 radical (unpaired) electrons. The maximum absolute atomic E-state index is 12.2. The number of amides is 2. The zero-order chi connectivity index (χ0) is 22.6. The fourth-order valence-corrected chi connectivity index (χ4v) is 2.30. The van der Waals surface area contributed by atoms with E-state index < -0.39 is 42.1 Å². The van der Waals surface area contributed by atoms with Crippen LogP contribution in [0.1, 0.15) is 50.4 Å². The summed E-state index contributed by atoms with van der Waals surface area (Å²) < 4.78 is 5.14. The Hall–Kier alpha value is -3.14. The van der Waals surface area contributed by atoms with E-state index in [1.165, 1.54) is 0 Å². The lowest BCUT2D eigenvalue weighted by Gasteiger charge is -2.23. The molecule has 0 aliphatic heterocycles. The van der Waals surface area contributed by atoms with Crippen molar-refractivity contribution >= 4 is 23.9 Å². The van der Waals surface area contributed by atoms with Crippen molar-refractivity contribution in [2.24, 2.45) is 0 Å². The van der Waals surface area contributed by atoms with E-state index in [1.54, 1.807) is 51.1 Å². The number of hydrogen-bond acceptors (Lipinski definition) is 7. The number of rotatable bonds is 11. The molecule has 0 aromatic heterocycles. The SMILES string of the molecule is CC(C)(C)OC(=O)NC(CCCCNOC(=O)c1ccccc1)C(=O)NCC(=O)O. The van der Waals surface area contributed by atoms with Crippen LogP contribution in [0.25, 0.3) is 0 Å². The molecule has 0 spiro atoms. The Balaban J connectivity index is 2.42. The summed E-state index contributed by atoms with van der Waals surface area (Å²) in [6.45, 7) is 4.86. The van der Waals surface area contributed by atoms with Crippen molar-refractivity contribution < 1.29 is 33.9 Å². The molecule has 0 fully saturated rings. The molecule has 1 unspecified atom stereocenters. The number of hydroxylamine groups is 1. The molecule has 0 heterocycles. The summed E-state index contributed by atoms with van der Waals surface area (Å²) in [6, 6.07) is 7.55. The molecule has 0 saturated carbocycles. The number of unbranched alkanes of at least 4 members (excludes halogenated alkanes) is 1. The highest BCUT2D eigenvalue weighted by Gasteiger charge is 2.24. The molecular weight excluding hydrogens is 394 g/mol. The molecule has 166 valence electrons. The molecule has 0 aliphatic rings. The predicted molar refractivity (Wildman–Crippen MR) is 108 cm³/mol. The van der Waals surface area contributed by atoms with E-state index in [4.69, 9.17) is 14.7 Å². The van der Waals surface area contributed by atoms with Crippen LogP contribution >= 0.6 is 0 Å². The minimum atomic E-state index is -1.19. The highest BCUT2D eigenvalue weighted by Crippen LogP contribution is 2.08. The molecule has 10 nitrogen and oxygen atoms in total. The number of benzene rings is 1. The normalized spacial score (nSPS) is 11.8. The van der Waals surface area contributed by atoms with Crippen molar-refractivity contribution in [1.82, 2.24) is 16.1 Å². The second-order valence-corrected chi connectivity index (χ2v) is 7.46. The van der Waals surface area contributed by atoms with Crippen LogP contribution in [0.5, 0.6) is 0 Å². The van der Waals surface area contributed by atoms with Gasteiger partial charge in [0.2, 0.25) is 5.91 Å². The van der Waals surface area contributed by atoms with Crippen molar-refractivity contribution in [1.29, 1.82) is 0 Å². The third kappa shape index (κ3) is 11.0. The number of hydrogen-bond donors (Lipinski definition) is 4. The summed E-state index contributed by atoms with van der Waals surface area (Å²) in [5.74, 6) is -2.32. The molecule has 10 heteroatoms. The van der Waals surface area contributed by atoms with Gasteiger partial charge < -0.3 is 25.3 Å². The quantitative estimate of drug-likeness (QED) is 0.310. The Morgan fingerprint density at radius 3 is 2.33 bits per heavy atom. The lowest BCUT2D eigenvalue weighted by atomic mass is 10.1. The largest absolute Gasteiger partial charge is 0.480 e. The smallest absolute Gasteiger partial charge is 0.408 e. The lowest BCUT2D eigenvalue weighted by Crippen LogP contribution is -2.49. The first-order valence-corrected chi connectivity index (χ1v) is 9.56. The third-order valence-corrected chi connectivity index (χ3v) is 3.62. The van der Waals surface area contributed by atoms with Crippen LogP contribution < -0.4 is 16.1 Å². The number of carboxylic acid groups (broad SMARTS) is 1. The summed E-state index contributed by atoms with van der Waals surface area (Å²) in [4.78, 5) is 51.5. The van der Waals surface area contributed by atoms with Crippen LogP contribution in [0, 0.1) is 0 Å². The number of aliphatic carboxylic acids is 1. The van der Waals surface area contributed by atoms with Gasteiger partial charge in [0, 0.05) is 6.54 Å². The molecule has 2 amide bonds. The van der Waals surface area contributed by atoms with Gasteiger partial charge in [0.15, 0.2) is 0 Å². The predicted octanol–water partition coefficient (Wildman–Crippen LogP) is 1.61. The molecule has 1 atom stereocenters. The molecule has 0 bridgehead atoms. The second-order valence-electron chi connectivity index (χ2n) is 7.46. The van der Waals surface area contributed by atoms with Crippen LogP contribution in [0.2, 0.25) is 0 Å². The van der Waals surface area contributed by atoms with Gasteiger partial charge in [-0.25, -0.2) is 9.59 Å². The van der Waals surface area contributed by atoms with E-state index in [1.807, 2.05) is 0 Å². The van der Waals surface area contributed by atoms with Crippen LogP contribution in [-0.2, 0) is 19.2 Å². The Morgan fingerprint density at radius 2 is 1.73 bits per heavy atom. The van der Waals surface area contributed by atoms with Gasteiger partial charge in [-0.15, -0.1) is 0 Å². The number of ether oxygens (including phenoxy) is 1. The Bertz CT molecular complexity index is 717. The Labute approximate surface area is 175 Å². The number of carbonyl (C=O) groups is 4. The third-order valence-electron chi connectivity index (χ3n) is 3.62. The highest BCUT2D eigenvalue weighted by molar-refractivity contribution is 5.89. The average molecular weight is 423 g/mol. The van der Waals surface area contributed by atoms with Gasteiger partial charge in [-0.2, -0.15) is 5.48 Å². The molecule has 1 aromatic carbocycles. The van der Waals surface area contributed by atoms with E-state index in [9.17, 15) is 19.2 Å². The van der Waals surface area contributed by atoms with Crippen LogP contribution in [0.15, 0.2) is 30.3 Å². The van der Waals surface area contributed by atoms with Crippen LogP contribution in [0.3, 0.4) is 0 Å². The zero-order valence-electron chi connectivity index (χ0n) is 17.4. The van der Waals surface area contributed by atoms with Gasteiger partial charge in [0.25, 0.3) is 0 Å². The van der Waals surface area contributed by atoms with Crippen LogP contribution in [0.4, 0.5) is 4.79 Å². The summed E-state index contributed by atoms with van der Waals surface area (Å²) in [5.41, 5.74) is 2.24. The van der Waals surface area contributed by atoms with Crippen molar-refractivity contribution in [2.45, 2.75) is 51.7 Å². The summed E-state index contributed by atoms with van der Waals surface area (Å²) >= 11 is 0. The number of alkyl carbamates (subject to hydrolysis) is 1. The van der Waals surface area contributed by atoms with Crippen molar-refractivity contribution in [3.05, 3.63) is 35.9 Å². The molecule has 0 aliphatic carbocycles. The van der Waals surface area contributed by atoms with Gasteiger partial charge in [0.05, 0.1) is 5.56 Å². The maximum Gasteiger partial charge on any atom is 0.408 e. The van der Waals surface area contributed by atoms with Gasteiger partial charge >= 0.3 is 18.0 Å². The fraction of sp³-hybridized carbons (Fsp3) is 0.500. The van der Waals surface area contributed by atoms with Gasteiger partial charge in [-0.1, -0.05) is 18.2 Å². The minimum absolute atomic E-state index is 0.249. The van der Waals surface area contributed by atoms with E-state index in [0.717, 1.165) is 0 Å². The summed E-state index contributed by atoms with van der Waals surface area (Å²) in [5, 5.41) is 13.4. The molecule has 30 heavy (non-hydrogen) atoms. The highest BCUT2D eigenvalue weighted by atomic mass is 16.7. The van der Waals surface area contributed by atoms with Crippen molar-refractivity contribution in [3.63, 3.8) is 0 Å². The van der Waals surface area contributed by atoms with E-state index in [0.29, 0.717) is 24.9 Å². The fourth-order valence-electron chi connectivity index (χ4n) is 2.30. The Morgan fingerprint density at radius 1 is 1.07 bits per heavy atom. The van der Waals surface area contributed by atoms with Gasteiger partial charge in [-0.3, -0.25) is 9.59 Å². The first kappa shape index (κ1) is 24.9. The molecule has 0 saturated heterocycles. The van der Waals surface area contributed by atoms with E-state index >= 15 is 0 Å². The van der Waals surface area contributed by atoms with Crippen molar-refractivity contribution in [2.75, 3.05) is 13.1 Å². The van der Waals surface area contributed by atoms with Crippen LogP contribution in [-0.4, -0.2) is 53.8 Å². The summed E-state index contributed by atoms with van der Waals surface area (Å²) in [7, 11) is 0. The lowest BCUT2D eigenvalue weighted by molar-refractivity contribution is -0.138. The first-order chi connectivity index (χ1) is 14.1. The average Bonchev–Trinajstić information content (AvgIpc) is 2.66. The van der Waals surface area contributed by atoms with Crippen molar-refractivity contribution in [3.8, 4) is 0 Å². The second kappa shape index (κ2) is 12.4. The van der Waals surface area contributed by atoms with E-state index in [2.05, 4.69) is 16.1 Å². The standard InChI is InChI=1S/C20H29N3O7/c1-20(2,3)29-19(28)23-15(17(26)21-13-16(24)25)11-7-8-12-22-30-18(27)14-9-5-4-6-10-14/h4-6,9-10,15,22H,7-8,11-13H2,1-3H3,(H,21,26)(H,23,28)(H,24,25). The topological polar surface area (TPSA) is 143 Å². The summed E-state index contributed by atoms with van der Waals surface area (Å²) in [6.07, 6.45) is 0.518. The number of carbonyl (C=O) groups excluding carboxylic acids is 3. The van der Waals surface area contributed by atoms with Gasteiger partial charge in [-0.05, 0) is 52.2 Å². The zero-order valence-corrected chi connectivity index (χ0v) is 17.4. The van der Waals surface area contributed by atoms with Gasteiger partial charge in [0.1, 0.15) is 18.2 Å². The molecule has 1 rings (SSSR count). The maximum atomic E-state index is 12.2.